The van der Waals surface area contributed by atoms with Crippen molar-refractivity contribution < 1.29 is 22.4 Å². The van der Waals surface area contributed by atoms with Crippen LogP contribution >= 0.6 is 0 Å². The summed E-state index contributed by atoms with van der Waals surface area (Å²) in [5.41, 5.74) is 6.11. The number of fused-ring (bicyclic) bond motifs is 4. The van der Waals surface area contributed by atoms with E-state index in [9.17, 15) is 22.4 Å². The minimum Gasteiger partial charge on any atom is -0.336 e. The first-order valence-corrected chi connectivity index (χ1v) is 12.1. The normalized spacial score (nSPS) is 26.0. The summed E-state index contributed by atoms with van der Waals surface area (Å²) in [4.78, 5) is 15.3. The Hall–Kier alpha value is -2.42. The molecule has 1 aliphatic heterocycles. The number of amides is 1. The van der Waals surface area contributed by atoms with Crippen molar-refractivity contribution >= 4 is 5.91 Å². The van der Waals surface area contributed by atoms with E-state index >= 15 is 0 Å². The molecule has 3 aliphatic carbocycles. The Morgan fingerprint density at radius 1 is 1.06 bits per heavy atom. The van der Waals surface area contributed by atoms with Crippen LogP contribution in [0.4, 0.5) is 17.6 Å². The van der Waals surface area contributed by atoms with Crippen LogP contribution in [-0.4, -0.2) is 32.7 Å². The minimum absolute atomic E-state index is 0.0352. The predicted molar refractivity (Wildman–Crippen MR) is 120 cm³/mol. The van der Waals surface area contributed by atoms with E-state index in [0.29, 0.717) is 11.3 Å². The SMILES string of the molecule is CC.NC12CCC(C(=O)N3CCc4c(C(F)(F)F)nn(Cc5ccc(F)cc5)c4C3)(CC1)CC2. The summed E-state index contributed by atoms with van der Waals surface area (Å²) in [7, 11) is 0. The number of hydrogen-bond acceptors (Lipinski definition) is 3. The monoisotopic (exact) mass is 480 g/mol. The quantitative estimate of drug-likeness (QED) is 0.626. The second-order valence-electron chi connectivity index (χ2n) is 9.68. The molecular weight excluding hydrogens is 448 g/mol. The van der Waals surface area contributed by atoms with E-state index in [0.717, 1.165) is 38.5 Å². The Balaban J connectivity index is 0.00000133. The van der Waals surface area contributed by atoms with Crippen molar-refractivity contribution in [3.63, 3.8) is 0 Å². The van der Waals surface area contributed by atoms with Crippen LogP contribution in [0.15, 0.2) is 24.3 Å². The molecule has 4 aliphatic rings. The van der Waals surface area contributed by atoms with Gasteiger partial charge in [0.15, 0.2) is 5.69 Å². The van der Waals surface area contributed by atoms with Gasteiger partial charge in [0, 0.05) is 23.1 Å². The number of benzene rings is 1. The summed E-state index contributed by atoms with van der Waals surface area (Å²) in [6.45, 7) is 4.45. The van der Waals surface area contributed by atoms with Gasteiger partial charge in [-0.3, -0.25) is 9.48 Å². The fourth-order valence-corrected chi connectivity index (χ4v) is 5.65. The van der Waals surface area contributed by atoms with E-state index in [1.54, 1.807) is 4.90 Å². The average molecular weight is 481 g/mol. The third-order valence-electron chi connectivity index (χ3n) is 7.70. The Morgan fingerprint density at radius 2 is 1.65 bits per heavy atom. The summed E-state index contributed by atoms with van der Waals surface area (Å²) in [6, 6.07) is 5.61. The van der Waals surface area contributed by atoms with Crippen molar-refractivity contribution in [3.05, 3.63) is 52.6 Å². The third kappa shape index (κ3) is 4.46. The molecule has 0 unspecified atom stereocenters. The zero-order valence-electron chi connectivity index (χ0n) is 19.7. The lowest BCUT2D eigenvalue weighted by molar-refractivity contribution is -0.150. The first-order valence-electron chi connectivity index (χ1n) is 12.1. The summed E-state index contributed by atoms with van der Waals surface area (Å²) >= 11 is 0. The molecule has 0 spiro atoms. The number of carbonyl (C=O) groups is 1. The molecule has 5 nitrogen and oxygen atoms in total. The number of rotatable bonds is 3. The Bertz CT molecular complexity index is 1020. The van der Waals surface area contributed by atoms with E-state index < -0.39 is 23.1 Å². The van der Waals surface area contributed by atoms with Gasteiger partial charge in [0.05, 0.1) is 18.8 Å². The highest BCUT2D eigenvalue weighted by Gasteiger charge is 2.52. The molecule has 6 rings (SSSR count). The van der Waals surface area contributed by atoms with Gasteiger partial charge in [-0.25, -0.2) is 4.39 Å². The van der Waals surface area contributed by atoms with Crippen LogP contribution in [0.3, 0.4) is 0 Å². The lowest BCUT2D eigenvalue weighted by Crippen LogP contribution is -2.57. The number of alkyl halides is 3. The first-order chi connectivity index (χ1) is 16.1. The molecule has 2 N–H and O–H groups in total. The number of carbonyl (C=O) groups excluding carboxylic acids is 1. The zero-order chi connectivity index (χ0) is 24.7. The largest absolute Gasteiger partial charge is 0.435 e. The Labute approximate surface area is 197 Å². The van der Waals surface area contributed by atoms with Crippen molar-refractivity contribution in [2.45, 2.75) is 83.6 Å². The smallest absolute Gasteiger partial charge is 0.336 e. The second kappa shape index (κ2) is 8.98. The third-order valence-corrected chi connectivity index (χ3v) is 7.70. The molecule has 1 aromatic carbocycles. The summed E-state index contributed by atoms with van der Waals surface area (Å²) in [6.07, 6.45) is 0.239. The van der Waals surface area contributed by atoms with Crippen LogP contribution < -0.4 is 5.73 Å². The number of nitrogens with two attached hydrogens (primary N) is 1. The maximum absolute atomic E-state index is 13.7. The average Bonchev–Trinajstić information content (AvgIpc) is 3.20. The molecule has 0 saturated heterocycles. The zero-order valence-corrected chi connectivity index (χ0v) is 19.7. The van der Waals surface area contributed by atoms with Gasteiger partial charge in [-0.15, -0.1) is 0 Å². The number of halogens is 4. The molecule has 1 aromatic heterocycles. The topological polar surface area (TPSA) is 64.2 Å². The lowest BCUT2D eigenvalue weighted by atomic mass is 9.57. The number of nitrogens with zero attached hydrogens (tertiary/aromatic N) is 3. The molecule has 0 radical (unpaired) electrons. The van der Waals surface area contributed by atoms with E-state index in [1.807, 2.05) is 13.8 Å². The van der Waals surface area contributed by atoms with Gasteiger partial charge in [-0.05, 0) is 62.6 Å². The molecular formula is C25H32F4N4O. The van der Waals surface area contributed by atoms with Gasteiger partial charge in [-0.2, -0.15) is 18.3 Å². The van der Waals surface area contributed by atoms with Gasteiger partial charge < -0.3 is 10.6 Å². The fourth-order valence-electron chi connectivity index (χ4n) is 5.65. The summed E-state index contributed by atoms with van der Waals surface area (Å²) in [5.74, 6) is -0.377. The van der Waals surface area contributed by atoms with Gasteiger partial charge in [0.25, 0.3) is 0 Å². The van der Waals surface area contributed by atoms with Gasteiger partial charge in [0.1, 0.15) is 5.82 Å². The molecule has 34 heavy (non-hydrogen) atoms. The van der Waals surface area contributed by atoms with Crippen molar-refractivity contribution in [1.29, 1.82) is 0 Å². The van der Waals surface area contributed by atoms with Gasteiger partial charge >= 0.3 is 6.18 Å². The Morgan fingerprint density at radius 3 is 2.21 bits per heavy atom. The van der Waals surface area contributed by atoms with Gasteiger partial charge in [0.2, 0.25) is 5.91 Å². The van der Waals surface area contributed by atoms with E-state index in [1.165, 1.54) is 28.9 Å². The maximum atomic E-state index is 13.7. The van der Waals surface area contributed by atoms with Crippen LogP contribution in [0.2, 0.25) is 0 Å². The minimum atomic E-state index is -4.57. The molecule has 2 bridgehead atoms. The standard InChI is InChI=1S/C23H26F4N4O.C2H6/c24-16-3-1-15(2-4-16)13-31-18-14-30(12-5-17(18)19(29-31)23(25,26)27)20(32)21-6-9-22(28,10-7-21)11-8-21;1-2/h1-4H,5-14,28H2;1-2H3. The first kappa shape index (κ1) is 24.7. The number of hydrogen-bond donors (Lipinski definition) is 1. The number of aromatic nitrogens is 2. The molecule has 0 atom stereocenters. The summed E-state index contributed by atoms with van der Waals surface area (Å²) in [5, 5.41) is 3.88. The van der Waals surface area contributed by atoms with Crippen LogP contribution in [0.1, 0.15) is 74.9 Å². The van der Waals surface area contributed by atoms with Crippen LogP contribution in [-0.2, 0) is 30.5 Å². The van der Waals surface area contributed by atoms with Crippen LogP contribution in [0.25, 0.3) is 0 Å². The Kier molecular flexibility index (Phi) is 6.52. The highest BCUT2D eigenvalue weighted by Crippen LogP contribution is 2.52. The molecule has 186 valence electrons. The van der Waals surface area contributed by atoms with Gasteiger partial charge in [-0.1, -0.05) is 26.0 Å². The van der Waals surface area contributed by atoms with Crippen LogP contribution in [0.5, 0.6) is 0 Å². The van der Waals surface area contributed by atoms with Crippen molar-refractivity contribution in [2.75, 3.05) is 6.54 Å². The molecule has 3 fully saturated rings. The second-order valence-corrected chi connectivity index (χ2v) is 9.68. The highest BCUT2D eigenvalue weighted by atomic mass is 19.4. The molecule has 3 saturated carbocycles. The lowest BCUT2D eigenvalue weighted by Gasteiger charge is -2.52. The predicted octanol–water partition coefficient (Wildman–Crippen LogP) is 5.05. The summed E-state index contributed by atoms with van der Waals surface area (Å²) < 4.78 is 55.6. The van der Waals surface area contributed by atoms with Crippen molar-refractivity contribution in [3.8, 4) is 0 Å². The highest BCUT2D eigenvalue weighted by molar-refractivity contribution is 5.83. The molecule has 9 heteroatoms. The maximum Gasteiger partial charge on any atom is 0.435 e. The van der Waals surface area contributed by atoms with E-state index in [2.05, 4.69) is 5.10 Å². The van der Waals surface area contributed by atoms with Crippen molar-refractivity contribution in [2.24, 2.45) is 11.1 Å². The fraction of sp³-hybridized carbons (Fsp3) is 0.600. The van der Waals surface area contributed by atoms with Crippen LogP contribution in [0, 0.1) is 11.2 Å². The van der Waals surface area contributed by atoms with E-state index in [4.69, 9.17) is 5.73 Å². The van der Waals surface area contributed by atoms with E-state index in [-0.39, 0.29) is 43.1 Å². The molecule has 2 aromatic rings. The molecule has 1 amide bonds. The molecule has 2 heterocycles. The van der Waals surface area contributed by atoms with Crippen molar-refractivity contribution in [1.82, 2.24) is 14.7 Å².